The van der Waals surface area contributed by atoms with Crippen LogP contribution in [0.15, 0.2) is 11.2 Å². The lowest BCUT2D eigenvalue weighted by Crippen LogP contribution is -2.42. The molecule has 0 aliphatic rings. The van der Waals surface area contributed by atoms with Gasteiger partial charge in [0, 0.05) is 38.8 Å². The van der Waals surface area contributed by atoms with E-state index in [1.807, 2.05) is 0 Å². The molecule has 1 rings (SSSR count). The van der Waals surface area contributed by atoms with Crippen molar-refractivity contribution < 1.29 is 13.2 Å². The molecule has 0 bridgehead atoms. The Morgan fingerprint density at radius 3 is 2.50 bits per heavy atom. The molecule has 1 aromatic rings. The normalized spacial score (nSPS) is 12.8. The number of hydrogen-bond acceptors (Lipinski definition) is 5. The maximum atomic E-state index is 12.1. The van der Waals surface area contributed by atoms with Gasteiger partial charge in [-0.2, -0.15) is 0 Å². The maximum Gasteiger partial charge on any atom is 0.259 e. The SMILES string of the molecule is Cc1nc(S(=O)(=O)NCCC(=O)NC(CN)CC(C)C)cn1C.Cl. The molecule has 1 unspecified atom stereocenters. The third-order valence-corrected chi connectivity index (χ3v) is 4.74. The third kappa shape index (κ3) is 7.16. The standard InChI is InChI=1S/C14H27N5O3S.ClH/c1-10(2)7-12(8-15)18-13(20)5-6-16-23(21,22)14-9-19(4)11(3)17-14;/h9-10,12,16H,5-8,15H2,1-4H3,(H,18,20);1H. The van der Waals surface area contributed by atoms with Crippen molar-refractivity contribution in [2.24, 2.45) is 18.7 Å². The lowest BCUT2D eigenvalue weighted by Gasteiger charge is -2.18. The molecule has 140 valence electrons. The second-order valence-corrected chi connectivity index (χ2v) is 7.73. The van der Waals surface area contributed by atoms with Crippen molar-refractivity contribution in [1.29, 1.82) is 0 Å². The van der Waals surface area contributed by atoms with Crippen LogP contribution in [0.2, 0.25) is 0 Å². The molecule has 24 heavy (non-hydrogen) atoms. The van der Waals surface area contributed by atoms with E-state index in [2.05, 4.69) is 28.9 Å². The minimum atomic E-state index is -3.70. The van der Waals surface area contributed by atoms with Crippen molar-refractivity contribution in [2.45, 2.75) is 44.7 Å². The zero-order chi connectivity index (χ0) is 17.6. The van der Waals surface area contributed by atoms with Crippen LogP contribution in [0, 0.1) is 12.8 Å². The van der Waals surface area contributed by atoms with E-state index in [0.29, 0.717) is 18.3 Å². The molecule has 4 N–H and O–H groups in total. The second kappa shape index (κ2) is 9.97. The van der Waals surface area contributed by atoms with Crippen LogP contribution in [0.3, 0.4) is 0 Å². The first kappa shape index (κ1) is 22.8. The van der Waals surface area contributed by atoms with Crippen LogP contribution in [0.1, 0.15) is 32.5 Å². The zero-order valence-corrected chi connectivity index (χ0v) is 16.2. The highest BCUT2D eigenvalue weighted by molar-refractivity contribution is 7.89. The molecule has 10 heteroatoms. The number of nitrogens with one attached hydrogen (secondary N) is 2. The van der Waals surface area contributed by atoms with E-state index in [1.54, 1.807) is 18.5 Å². The molecule has 1 atom stereocenters. The van der Waals surface area contributed by atoms with Crippen molar-refractivity contribution in [2.75, 3.05) is 13.1 Å². The first-order valence-corrected chi connectivity index (χ1v) is 9.13. The highest BCUT2D eigenvalue weighted by atomic mass is 35.5. The van der Waals surface area contributed by atoms with Gasteiger partial charge in [-0.25, -0.2) is 18.1 Å². The molecule has 0 aliphatic heterocycles. The van der Waals surface area contributed by atoms with Gasteiger partial charge < -0.3 is 15.6 Å². The van der Waals surface area contributed by atoms with E-state index in [4.69, 9.17) is 5.73 Å². The first-order chi connectivity index (χ1) is 10.7. The van der Waals surface area contributed by atoms with Crippen LogP contribution in [-0.4, -0.2) is 43.0 Å². The zero-order valence-electron chi connectivity index (χ0n) is 14.6. The summed E-state index contributed by atoms with van der Waals surface area (Å²) in [7, 11) is -1.98. The molecule has 1 amide bonds. The Bertz CT molecular complexity index is 611. The molecule has 0 aromatic carbocycles. The van der Waals surface area contributed by atoms with Crippen LogP contribution in [0.4, 0.5) is 0 Å². The average Bonchev–Trinajstić information content (AvgIpc) is 2.78. The van der Waals surface area contributed by atoms with E-state index < -0.39 is 10.0 Å². The lowest BCUT2D eigenvalue weighted by atomic mass is 10.0. The van der Waals surface area contributed by atoms with Gasteiger partial charge in [-0.1, -0.05) is 13.8 Å². The summed E-state index contributed by atoms with van der Waals surface area (Å²) in [6.45, 7) is 6.20. The van der Waals surface area contributed by atoms with Crippen LogP contribution >= 0.6 is 12.4 Å². The fourth-order valence-corrected chi connectivity index (χ4v) is 3.18. The predicted octanol–water partition coefficient (Wildman–Crippen LogP) is 0.308. The number of sulfonamides is 1. The molecule has 0 aliphatic carbocycles. The van der Waals surface area contributed by atoms with Crippen LogP contribution in [0.5, 0.6) is 0 Å². The van der Waals surface area contributed by atoms with Gasteiger partial charge in [-0.05, 0) is 19.3 Å². The van der Waals surface area contributed by atoms with Gasteiger partial charge in [0.1, 0.15) is 5.82 Å². The number of nitrogens with two attached hydrogens (primary N) is 1. The smallest absolute Gasteiger partial charge is 0.259 e. The van der Waals surface area contributed by atoms with Crippen molar-refractivity contribution in [3.8, 4) is 0 Å². The van der Waals surface area contributed by atoms with Gasteiger partial charge in [0.05, 0.1) is 0 Å². The summed E-state index contributed by atoms with van der Waals surface area (Å²) in [6, 6.07) is -0.0856. The minimum absolute atomic E-state index is 0. The quantitative estimate of drug-likeness (QED) is 0.568. The molecule has 0 saturated heterocycles. The highest BCUT2D eigenvalue weighted by Gasteiger charge is 2.19. The van der Waals surface area contributed by atoms with E-state index in [-0.39, 0.29) is 42.3 Å². The molecule has 0 spiro atoms. The molecule has 0 fully saturated rings. The Hall–Kier alpha value is -1.16. The number of imidazole rings is 1. The van der Waals surface area contributed by atoms with E-state index in [0.717, 1.165) is 6.42 Å². The second-order valence-electron chi connectivity index (χ2n) is 6.01. The van der Waals surface area contributed by atoms with Gasteiger partial charge in [0.25, 0.3) is 10.0 Å². The number of halogens is 1. The Labute approximate surface area is 150 Å². The van der Waals surface area contributed by atoms with E-state index in [1.165, 1.54) is 6.20 Å². The number of hydrogen-bond donors (Lipinski definition) is 3. The molecule has 8 nitrogen and oxygen atoms in total. The fraction of sp³-hybridized carbons (Fsp3) is 0.714. The summed E-state index contributed by atoms with van der Waals surface area (Å²) in [4.78, 5) is 15.8. The number of rotatable bonds is 9. The third-order valence-electron chi connectivity index (χ3n) is 3.41. The van der Waals surface area contributed by atoms with Crippen LogP contribution in [-0.2, 0) is 21.9 Å². The van der Waals surface area contributed by atoms with E-state index in [9.17, 15) is 13.2 Å². The van der Waals surface area contributed by atoms with Gasteiger partial charge in [-0.3, -0.25) is 4.79 Å². The molecule has 1 heterocycles. The summed E-state index contributed by atoms with van der Waals surface area (Å²) in [5, 5.41) is 2.77. The maximum absolute atomic E-state index is 12.1. The molecular weight excluding hydrogens is 354 g/mol. The Morgan fingerprint density at radius 1 is 1.42 bits per heavy atom. The van der Waals surface area contributed by atoms with Gasteiger partial charge in [0.15, 0.2) is 5.03 Å². The summed E-state index contributed by atoms with van der Waals surface area (Å²) >= 11 is 0. The molecular formula is C14H28ClN5O3S. The number of carbonyl (C=O) groups excluding carboxylic acids is 1. The molecule has 0 saturated carbocycles. The summed E-state index contributed by atoms with van der Waals surface area (Å²) in [6.07, 6.45) is 2.28. The van der Waals surface area contributed by atoms with Crippen molar-refractivity contribution >= 4 is 28.3 Å². The monoisotopic (exact) mass is 381 g/mol. The van der Waals surface area contributed by atoms with Gasteiger partial charge >= 0.3 is 0 Å². The van der Waals surface area contributed by atoms with Gasteiger partial charge in [-0.15, -0.1) is 12.4 Å². The summed E-state index contributed by atoms with van der Waals surface area (Å²) < 4.78 is 28.1. The number of amides is 1. The number of nitrogens with zero attached hydrogens (tertiary/aromatic N) is 2. The topological polar surface area (TPSA) is 119 Å². The van der Waals surface area contributed by atoms with Crippen molar-refractivity contribution in [3.63, 3.8) is 0 Å². The van der Waals surface area contributed by atoms with Gasteiger partial charge in [0.2, 0.25) is 5.91 Å². The average molecular weight is 382 g/mol. The molecule has 1 aromatic heterocycles. The highest BCUT2D eigenvalue weighted by Crippen LogP contribution is 2.07. The summed E-state index contributed by atoms with van der Waals surface area (Å²) in [5.74, 6) is 0.804. The van der Waals surface area contributed by atoms with Crippen molar-refractivity contribution in [1.82, 2.24) is 19.6 Å². The first-order valence-electron chi connectivity index (χ1n) is 7.64. The Kier molecular flexibility index (Phi) is 9.49. The number of aryl methyl sites for hydroxylation is 2. The summed E-state index contributed by atoms with van der Waals surface area (Å²) in [5.41, 5.74) is 5.62. The van der Waals surface area contributed by atoms with Crippen molar-refractivity contribution in [3.05, 3.63) is 12.0 Å². The number of carbonyl (C=O) groups is 1. The largest absolute Gasteiger partial charge is 0.352 e. The fourth-order valence-electron chi connectivity index (χ4n) is 2.11. The van der Waals surface area contributed by atoms with E-state index >= 15 is 0 Å². The van der Waals surface area contributed by atoms with Crippen LogP contribution in [0.25, 0.3) is 0 Å². The molecule has 0 radical (unpaired) electrons. The Morgan fingerprint density at radius 2 is 2.04 bits per heavy atom. The Balaban J connectivity index is 0.00000529. The minimum Gasteiger partial charge on any atom is -0.352 e. The van der Waals surface area contributed by atoms with Crippen LogP contribution < -0.4 is 15.8 Å². The predicted molar refractivity (Wildman–Crippen MR) is 95.4 cm³/mol. The lowest BCUT2D eigenvalue weighted by molar-refractivity contribution is -0.121. The number of aromatic nitrogens is 2.